The summed E-state index contributed by atoms with van der Waals surface area (Å²) < 4.78 is 6.30. The molecule has 13 heavy (non-hydrogen) atoms. The molecule has 3 heteroatoms. The fourth-order valence-corrected chi connectivity index (χ4v) is 1.24. The first kappa shape index (κ1) is 10.3. The lowest BCUT2D eigenvalue weighted by molar-refractivity contribution is 0.149. The van der Waals surface area contributed by atoms with Crippen molar-refractivity contribution in [2.45, 2.75) is 6.10 Å². The Hall–Kier alpha value is -0.800. The van der Waals surface area contributed by atoms with E-state index in [1.807, 2.05) is 24.3 Å². The van der Waals surface area contributed by atoms with E-state index in [0.717, 1.165) is 4.47 Å². The summed E-state index contributed by atoms with van der Waals surface area (Å²) in [5.74, 6) is 0.710. The summed E-state index contributed by atoms with van der Waals surface area (Å²) in [6.07, 6.45) is 1.22. The molecule has 0 aliphatic carbocycles. The van der Waals surface area contributed by atoms with Crippen molar-refractivity contribution in [3.05, 3.63) is 41.4 Å². The van der Waals surface area contributed by atoms with Gasteiger partial charge in [-0.2, -0.15) is 0 Å². The minimum atomic E-state index is -0.348. The van der Waals surface area contributed by atoms with Gasteiger partial charge in [-0.15, -0.1) is 0 Å². The van der Waals surface area contributed by atoms with Gasteiger partial charge in [0.05, 0.1) is 11.1 Å². The largest absolute Gasteiger partial charge is 0.483 e. The topological polar surface area (TPSA) is 29.5 Å². The fourth-order valence-electron chi connectivity index (χ4n) is 0.863. The number of aliphatic hydroxyl groups excluding tert-OH is 1. The van der Waals surface area contributed by atoms with Gasteiger partial charge in [0.25, 0.3) is 0 Å². The molecule has 0 aliphatic heterocycles. The van der Waals surface area contributed by atoms with Gasteiger partial charge in [-0.25, -0.2) is 0 Å². The zero-order chi connectivity index (χ0) is 9.68. The van der Waals surface area contributed by atoms with Gasteiger partial charge in [-0.1, -0.05) is 18.7 Å². The van der Waals surface area contributed by atoms with Crippen LogP contribution in [0.2, 0.25) is 0 Å². The number of para-hydroxylation sites is 1. The average Bonchev–Trinajstić information content (AvgIpc) is 2.17. The van der Waals surface area contributed by atoms with Crippen LogP contribution in [0.15, 0.2) is 41.4 Å². The van der Waals surface area contributed by atoms with Crippen LogP contribution in [-0.2, 0) is 0 Å². The van der Waals surface area contributed by atoms with Crippen LogP contribution in [0.5, 0.6) is 5.75 Å². The number of rotatable bonds is 4. The first-order chi connectivity index (χ1) is 6.27. The summed E-state index contributed by atoms with van der Waals surface area (Å²) in [6.45, 7) is 3.49. The minimum absolute atomic E-state index is 0.0646. The molecule has 0 aliphatic rings. The normalized spacial score (nSPS) is 12.2. The zero-order valence-corrected chi connectivity index (χ0v) is 8.70. The van der Waals surface area contributed by atoms with E-state index in [-0.39, 0.29) is 12.7 Å². The third-order valence-corrected chi connectivity index (χ3v) is 2.21. The van der Waals surface area contributed by atoms with Gasteiger partial charge in [0.2, 0.25) is 0 Å². The van der Waals surface area contributed by atoms with E-state index in [1.54, 1.807) is 6.08 Å². The Kier molecular flexibility index (Phi) is 3.99. The molecular formula is C10H11BrO2. The lowest BCUT2D eigenvalue weighted by Crippen LogP contribution is -2.17. The van der Waals surface area contributed by atoms with Gasteiger partial charge in [-0.05, 0) is 34.1 Å². The fraction of sp³-hybridized carbons (Fsp3) is 0.200. The summed E-state index contributed by atoms with van der Waals surface area (Å²) in [7, 11) is 0. The molecule has 0 aromatic heterocycles. The molecular weight excluding hydrogens is 232 g/mol. The highest BCUT2D eigenvalue weighted by atomic mass is 79.9. The van der Waals surface area contributed by atoms with Gasteiger partial charge >= 0.3 is 0 Å². The second-order valence-electron chi connectivity index (χ2n) is 2.51. The summed E-state index contributed by atoms with van der Waals surface area (Å²) in [4.78, 5) is 0. The molecule has 70 valence electrons. The standard InChI is InChI=1S/C10H11BrO2/c1-2-8(7-12)13-10-6-4-3-5-9(10)11/h2-6,8,12H,1,7H2. The maximum Gasteiger partial charge on any atom is 0.140 e. The SMILES string of the molecule is C=CC(CO)Oc1ccccc1Br. The van der Waals surface area contributed by atoms with Crippen molar-refractivity contribution < 1.29 is 9.84 Å². The van der Waals surface area contributed by atoms with Crippen LogP contribution in [-0.4, -0.2) is 17.8 Å². The quantitative estimate of drug-likeness (QED) is 0.822. The van der Waals surface area contributed by atoms with Crippen LogP contribution in [0.4, 0.5) is 0 Å². The van der Waals surface area contributed by atoms with Crippen molar-refractivity contribution >= 4 is 15.9 Å². The molecule has 1 aromatic carbocycles. The van der Waals surface area contributed by atoms with E-state index in [1.165, 1.54) is 0 Å². The smallest absolute Gasteiger partial charge is 0.140 e. The third-order valence-electron chi connectivity index (χ3n) is 1.56. The van der Waals surface area contributed by atoms with E-state index in [9.17, 15) is 0 Å². The molecule has 0 radical (unpaired) electrons. The second-order valence-corrected chi connectivity index (χ2v) is 3.36. The van der Waals surface area contributed by atoms with Gasteiger partial charge in [0, 0.05) is 0 Å². The Morgan fingerprint density at radius 1 is 1.54 bits per heavy atom. The van der Waals surface area contributed by atoms with Crippen molar-refractivity contribution in [3.63, 3.8) is 0 Å². The molecule has 0 fully saturated rings. The molecule has 0 saturated carbocycles. The Labute approximate surface area is 86.0 Å². The highest BCUT2D eigenvalue weighted by Gasteiger charge is 2.05. The molecule has 1 aromatic rings. The van der Waals surface area contributed by atoms with Crippen LogP contribution in [0.1, 0.15) is 0 Å². The van der Waals surface area contributed by atoms with Crippen molar-refractivity contribution in [1.82, 2.24) is 0 Å². The van der Waals surface area contributed by atoms with Gasteiger partial charge in [-0.3, -0.25) is 0 Å². The zero-order valence-electron chi connectivity index (χ0n) is 7.11. The van der Waals surface area contributed by atoms with Crippen molar-refractivity contribution in [1.29, 1.82) is 0 Å². The molecule has 0 spiro atoms. The third kappa shape index (κ3) is 2.86. The predicted molar refractivity (Wildman–Crippen MR) is 55.8 cm³/mol. The predicted octanol–water partition coefficient (Wildman–Crippen LogP) is 2.37. The molecule has 1 atom stereocenters. The molecule has 0 heterocycles. The Bertz CT molecular complexity index is 286. The summed E-state index contributed by atoms with van der Waals surface area (Å²) in [6, 6.07) is 7.49. The van der Waals surface area contributed by atoms with Gasteiger partial charge < -0.3 is 9.84 Å². The number of benzene rings is 1. The lowest BCUT2D eigenvalue weighted by Gasteiger charge is -2.13. The number of ether oxygens (including phenoxy) is 1. The van der Waals surface area contributed by atoms with Gasteiger partial charge in [0.15, 0.2) is 0 Å². The van der Waals surface area contributed by atoms with E-state index in [4.69, 9.17) is 9.84 Å². The monoisotopic (exact) mass is 242 g/mol. The summed E-state index contributed by atoms with van der Waals surface area (Å²) in [5.41, 5.74) is 0. The average molecular weight is 243 g/mol. The molecule has 1 rings (SSSR count). The molecule has 2 nitrogen and oxygen atoms in total. The van der Waals surface area contributed by atoms with Crippen LogP contribution < -0.4 is 4.74 Å². The lowest BCUT2D eigenvalue weighted by atomic mass is 10.3. The maximum atomic E-state index is 8.87. The molecule has 0 bridgehead atoms. The number of halogens is 1. The van der Waals surface area contributed by atoms with Crippen molar-refractivity contribution in [2.24, 2.45) is 0 Å². The highest BCUT2D eigenvalue weighted by Crippen LogP contribution is 2.24. The minimum Gasteiger partial charge on any atom is -0.483 e. The molecule has 1 unspecified atom stereocenters. The van der Waals surface area contributed by atoms with Crippen LogP contribution in [0, 0.1) is 0 Å². The Morgan fingerprint density at radius 2 is 2.23 bits per heavy atom. The first-order valence-electron chi connectivity index (χ1n) is 3.92. The van der Waals surface area contributed by atoms with Crippen LogP contribution in [0.25, 0.3) is 0 Å². The molecule has 0 amide bonds. The van der Waals surface area contributed by atoms with Crippen molar-refractivity contribution in [3.8, 4) is 5.75 Å². The Morgan fingerprint density at radius 3 is 2.77 bits per heavy atom. The van der Waals surface area contributed by atoms with E-state index >= 15 is 0 Å². The maximum absolute atomic E-state index is 8.87. The molecule has 1 N–H and O–H groups in total. The molecule has 0 saturated heterocycles. The second kappa shape index (κ2) is 5.04. The van der Waals surface area contributed by atoms with Gasteiger partial charge in [0.1, 0.15) is 11.9 Å². The van der Waals surface area contributed by atoms with E-state index in [0.29, 0.717) is 5.75 Å². The van der Waals surface area contributed by atoms with E-state index < -0.39 is 0 Å². The summed E-state index contributed by atoms with van der Waals surface area (Å²) in [5, 5.41) is 8.87. The van der Waals surface area contributed by atoms with E-state index in [2.05, 4.69) is 22.5 Å². The number of hydrogen-bond donors (Lipinski definition) is 1. The summed E-state index contributed by atoms with van der Waals surface area (Å²) >= 11 is 3.34. The first-order valence-corrected chi connectivity index (χ1v) is 4.72. The van der Waals surface area contributed by atoms with Crippen LogP contribution in [0.3, 0.4) is 0 Å². The van der Waals surface area contributed by atoms with Crippen molar-refractivity contribution in [2.75, 3.05) is 6.61 Å². The highest BCUT2D eigenvalue weighted by molar-refractivity contribution is 9.10. The Balaban J connectivity index is 2.73. The number of aliphatic hydroxyl groups is 1. The van der Waals surface area contributed by atoms with Crippen LogP contribution >= 0.6 is 15.9 Å². The number of hydrogen-bond acceptors (Lipinski definition) is 2.